The highest BCUT2D eigenvalue weighted by Gasteiger charge is 2.06. The van der Waals surface area contributed by atoms with Gasteiger partial charge in [-0.2, -0.15) is 0 Å². The Morgan fingerprint density at radius 2 is 1.86 bits per heavy atom. The van der Waals surface area contributed by atoms with Crippen LogP contribution in [0.1, 0.15) is 12.5 Å². The second kappa shape index (κ2) is 5.91. The van der Waals surface area contributed by atoms with Gasteiger partial charge in [0.25, 0.3) is 0 Å². The predicted octanol–water partition coefficient (Wildman–Crippen LogP) is 4.76. The first kappa shape index (κ1) is 14.8. The molecule has 0 saturated carbocycles. The molecule has 0 saturated heterocycles. The Morgan fingerprint density at radius 1 is 1.14 bits per heavy atom. The van der Waals surface area contributed by atoms with Crippen LogP contribution in [0.25, 0.3) is 11.0 Å². The highest BCUT2D eigenvalue weighted by molar-refractivity contribution is 7.80. The van der Waals surface area contributed by atoms with Crippen LogP contribution in [0.15, 0.2) is 57.9 Å². The van der Waals surface area contributed by atoms with Crippen LogP contribution in [0.2, 0.25) is 5.02 Å². The average molecular weight is 330 g/mol. The zero-order valence-corrected chi connectivity index (χ0v) is 13.3. The van der Waals surface area contributed by atoms with Crippen LogP contribution in [0.4, 0.5) is 5.69 Å². The average Bonchev–Trinajstić information content (AvgIpc) is 2.49. The molecule has 0 spiro atoms. The third kappa shape index (κ3) is 3.03. The summed E-state index contributed by atoms with van der Waals surface area (Å²) >= 11 is 11.3. The summed E-state index contributed by atoms with van der Waals surface area (Å²) in [7, 11) is 0. The molecule has 0 fully saturated rings. The monoisotopic (exact) mass is 329 g/mol. The number of thiocarbonyl (C=S) groups is 1. The van der Waals surface area contributed by atoms with Crippen LogP contribution in [-0.2, 0) is 0 Å². The molecular formula is C17H12ClNO2S. The molecule has 1 N–H and O–H groups in total. The second-order valence-corrected chi connectivity index (χ2v) is 5.88. The fourth-order valence-electron chi connectivity index (χ4n) is 2.08. The molecule has 22 heavy (non-hydrogen) atoms. The highest BCUT2D eigenvalue weighted by atomic mass is 35.5. The van der Waals surface area contributed by atoms with Crippen LogP contribution in [0.5, 0.6) is 5.75 Å². The lowest BCUT2D eigenvalue weighted by Gasteiger charge is -2.04. The fraction of sp³-hybridized carbons (Fsp3) is 0.0588. The van der Waals surface area contributed by atoms with E-state index in [2.05, 4.69) is 4.99 Å². The van der Waals surface area contributed by atoms with Crippen LogP contribution in [-0.4, -0.2) is 9.97 Å². The summed E-state index contributed by atoms with van der Waals surface area (Å²) in [5.41, 5.74) is 2.54. The third-order valence-corrected chi connectivity index (χ3v) is 3.62. The minimum atomic E-state index is 0.190. The summed E-state index contributed by atoms with van der Waals surface area (Å²) in [6, 6.07) is 13.9. The maximum atomic E-state index is 9.33. The molecule has 3 nitrogen and oxygen atoms in total. The molecular weight excluding hydrogens is 318 g/mol. The molecule has 1 aromatic heterocycles. The van der Waals surface area contributed by atoms with Crippen molar-refractivity contribution >= 4 is 45.3 Å². The Balaban J connectivity index is 2.27. The Morgan fingerprint density at radius 3 is 2.55 bits per heavy atom. The largest absolute Gasteiger partial charge is 0.508 e. The molecule has 110 valence electrons. The van der Waals surface area contributed by atoms with Gasteiger partial charge >= 0.3 is 0 Å². The molecule has 0 amide bonds. The number of hydrogen-bond acceptors (Lipinski definition) is 4. The molecule has 0 unspecified atom stereocenters. The molecule has 0 aliphatic heterocycles. The van der Waals surface area contributed by atoms with Crippen molar-refractivity contribution in [2.45, 2.75) is 6.92 Å². The molecule has 0 radical (unpaired) electrons. The van der Waals surface area contributed by atoms with Crippen molar-refractivity contribution in [1.82, 2.24) is 0 Å². The molecule has 3 rings (SSSR count). The first-order valence-corrected chi connectivity index (χ1v) is 7.40. The number of aromatic hydroxyl groups is 1. The lowest BCUT2D eigenvalue weighted by atomic mass is 10.1. The zero-order chi connectivity index (χ0) is 15.7. The van der Waals surface area contributed by atoms with E-state index < -0.39 is 0 Å². The Hall–Kier alpha value is -2.17. The molecule has 0 atom stereocenters. The summed E-state index contributed by atoms with van der Waals surface area (Å²) in [4.78, 5) is 5.16. The van der Waals surface area contributed by atoms with Gasteiger partial charge < -0.3 is 9.52 Å². The van der Waals surface area contributed by atoms with Gasteiger partial charge in [0.15, 0.2) is 0 Å². The maximum absolute atomic E-state index is 9.33. The molecule has 2 aromatic carbocycles. The van der Waals surface area contributed by atoms with Crippen LogP contribution in [0.3, 0.4) is 0 Å². The Kier molecular flexibility index (Phi) is 3.96. The van der Waals surface area contributed by atoms with Gasteiger partial charge in [-0.25, -0.2) is 4.99 Å². The summed E-state index contributed by atoms with van der Waals surface area (Å²) in [6.45, 7) is 1.83. The molecule has 5 heteroatoms. The summed E-state index contributed by atoms with van der Waals surface area (Å²) in [6.07, 6.45) is 0. The van der Waals surface area contributed by atoms with Gasteiger partial charge in [0.05, 0.1) is 11.3 Å². The van der Waals surface area contributed by atoms with Crippen LogP contribution >= 0.6 is 23.8 Å². The summed E-state index contributed by atoms with van der Waals surface area (Å²) in [5, 5.41) is 10.8. The number of halogens is 1. The molecule has 3 aromatic rings. The van der Waals surface area contributed by atoms with Gasteiger partial charge in [0, 0.05) is 15.3 Å². The van der Waals surface area contributed by atoms with Crippen molar-refractivity contribution in [1.29, 1.82) is 0 Å². The number of fused-ring (bicyclic) bond motifs is 1. The van der Waals surface area contributed by atoms with E-state index in [1.54, 1.807) is 36.4 Å². The number of benzene rings is 2. The highest BCUT2D eigenvalue weighted by Crippen LogP contribution is 2.20. The van der Waals surface area contributed by atoms with Gasteiger partial charge in [0.1, 0.15) is 11.3 Å². The van der Waals surface area contributed by atoms with E-state index in [0.29, 0.717) is 26.7 Å². The van der Waals surface area contributed by atoms with Crippen molar-refractivity contribution in [2.24, 2.45) is 4.99 Å². The second-order valence-electron chi connectivity index (χ2n) is 4.83. The Bertz CT molecular complexity index is 930. The maximum Gasteiger partial charge on any atom is 0.228 e. The standard InChI is InChI=1S/C17H12ClNO2S/c1-10(22)15-9-11-8-12(18)2-7-16(11)21-17(15)19-13-3-5-14(20)6-4-13/h2-9,20H,1H3. The lowest BCUT2D eigenvalue weighted by Crippen LogP contribution is -2.12. The number of hydrogen-bond donors (Lipinski definition) is 1. The van der Waals surface area contributed by atoms with E-state index in [9.17, 15) is 5.11 Å². The van der Waals surface area contributed by atoms with E-state index in [4.69, 9.17) is 28.2 Å². The quantitative estimate of drug-likeness (QED) is 0.544. The summed E-state index contributed by atoms with van der Waals surface area (Å²) < 4.78 is 5.87. The van der Waals surface area contributed by atoms with Crippen LogP contribution < -0.4 is 5.55 Å². The zero-order valence-electron chi connectivity index (χ0n) is 11.7. The van der Waals surface area contributed by atoms with Gasteiger partial charge in [-0.3, -0.25) is 0 Å². The van der Waals surface area contributed by atoms with Crippen molar-refractivity contribution in [3.05, 3.63) is 64.7 Å². The van der Waals surface area contributed by atoms with E-state index >= 15 is 0 Å². The third-order valence-electron chi connectivity index (χ3n) is 3.17. The van der Waals surface area contributed by atoms with E-state index in [0.717, 1.165) is 10.9 Å². The minimum Gasteiger partial charge on any atom is -0.508 e. The van der Waals surface area contributed by atoms with Crippen molar-refractivity contribution in [2.75, 3.05) is 0 Å². The van der Waals surface area contributed by atoms with Gasteiger partial charge in [-0.1, -0.05) is 23.8 Å². The Labute approximate surface area is 137 Å². The molecule has 1 heterocycles. The lowest BCUT2D eigenvalue weighted by molar-refractivity contribution is 0.475. The topological polar surface area (TPSA) is 45.7 Å². The number of rotatable bonds is 2. The number of phenols is 1. The van der Waals surface area contributed by atoms with Gasteiger partial charge in [-0.05, 0) is 55.5 Å². The smallest absolute Gasteiger partial charge is 0.228 e. The first-order chi connectivity index (χ1) is 10.5. The van der Waals surface area contributed by atoms with E-state index in [-0.39, 0.29) is 5.75 Å². The molecule has 0 aliphatic carbocycles. The minimum absolute atomic E-state index is 0.190. The van der Waals surface area contributed by atoms with Gasteiger partial charge in [0.2, 0.25) is 5.55 Å². The van der Waals surface area contributed by atoms with Crippen LogP contribution in [0, 0.1) is 0 Å². The van der Waals surface area contributed by atoms with E-state index in [1.165, 1.54) is 0 Å². The fourth-order valence-corrected chi connectivity index (χ4v) is 2.41. The van der Waals surface area contributed by atoms with Gasteiger partial charge in [-0.15, -0.1) is 0 Å². The van der Waals surface area contributed by atoms with Crippen molar-refractivity contribution in [3.63, 3.8) is 0 Å². The number of nitrogens with zero attached hydrogens (tertiary/aromatic N) is 1. The van der Waals surface area contributed by atoms with Crippen molar-refractivity contribution in [3.8, 4) is 5.75 Å². The van der Waals surface area contributed by atoms with E-state index in [1.807, 2.05) is 19.1 Å². The molecule has 0 bridgehead atoms. The predicted molar refractivity (Wildman–Crippen MR) is 91.9 cm³/mol. The SMILES string of the molecule is CC(=S)c1cc2cc(Cl)ccc2oc1=Nc1ccc(O)cc1. The first-order valence-electron chi connectivity index (χ1n) is 6.61. The summed E-state index contributed by atoms with van der Waals surface area (Å²) in [5.74, 6) is 0.190. The normalized spacial score (nSPS) is 11.8. The molecule has 0 aliphatic rings. The van der Waals surface area contributed by atoms with Crippen molar-refractivity contribution < 1.29 is 9.52 Å². The number of phenolic OH excluding ortho intramolecular Hbond substituents is 1.